The van der Waals surface area contributed by atoms with Crippen LogP contribution in [0.5, 0.6) is 0 Å². The number of carbonyl (C=O) groups is 1. The normalized spacial score (nSPS) is 17.4. The number of hydrogen-bond acceptors (Lipinski definition) is 4. The van der Waals surface area contributed by atoms with Crippen molar-refractivity contribution in [1.82, 2.24) is 14.5 Å². The number of aliphatic carboxylic acids is 1. The number of anilines is 1. The summed E-state index contributed by atoms with van der Waals surface area (Å²) in [5.41, 5.74) is 0. The standard InChI is InChI=1S/C11H18N4O2/c1-13-5-3-12-11(13)15-8-6-14(7-9-15)4-2-10(16)17/h3,5H,2,4,6-9H2,1H3,(H,16,17). The highest BCUT2D eigenvalue weighted by Gasteiger charge is 2.19. The summed E-state index contributed by atoms with van der Waals surface area (Å²) in [6.07, 6.45) is 3.96. The maximum atomic E-state index is 10.5. The van der Waals surface area contributed by atoms with E-state index in [0.29, 0.717) is 6.54 Å². The molecule has 0 bridgehead atoms. The minimum Gasteiger partial charge on any atom is -0.481 e. The molecule has 0 aliphatic carbocycles. The van der Waals surface area contributed by atoms with Gasteiger partial charge in [0, 0.05) is 52.2 Å². The van der Waals surface area contributed by atoms with E-state index in [1.54, 1.807) is 6.20 Å². The van der Waals surface area contributed by atoms with Crippen LogP contribution in [0.25, 0.3) is 0 Å². The Kier molecular flexibility index (Phi) is 3.63. The Morgan fingerprint density at radius 2 is 2.12 bits per heavy atom. The molecule has 1 N–H and O–H groups in total. The van der Waals surface area contributed by atoms with Gasteiger partial charge in [-0.15, -0.1) is 0 Å². The molecule has 6 nitrogen and oxygen atoms in total. The van der Waals surface area contributed by atoms with Crippen LogP contribution in [0.2, 0.25) is 0 Å². The lowest BCUT2D eigenvalue weighted by atomic mass is 10.3. The average molecular weight is 238 g/mol. The predicted molar refractivity (Wildman–Crippen MR) is 64.1 cm³/mol. The van der Waals surface area contributed by atoms with Crippen LogP contribution in [0.15, 0.2) is 12.4 Å². The summed E-state index contributed by atoms with van der Waals surface area (Å²) in [5, 5.41) is 8.63. The number of carboxylic acid groups (broad SMARTS) is 1. The topological polar surface area (TPSA) is 61.6 Å². The van der Waals surface area contributed by atoms with Crippen molar-refractivity contribution in [3.8, 4) is 0 Å². The zero-order valence-corrected chi connectivity index (χ0v) is 10.0. The van der Waals surface area contributed by atoms with Gasteiger partial charge in [0.2, 0.25) is 5.95 Å². The fourth-order valence-corrected chi connectivity index (χ4v) is 2.09. The Labute approximate surface area is 100 Å². The van der Waals surface area contributed by atoms with Gasteiger partial charge in [0.15, 0.2) is 0 Å². The molecule has 1 aromatic heterocycles. The van der Waals surface area contributed by atoms with Crippen molar-refractivity contribution in [3.63, 3.8) is 0 Å². The molecule has 1 saturated heterocycles. The first kappa shape index (κ1) is 11.9. The van der Waals surface area contributed by atoms with Gasteiger partial charge in [-0.05, 0) is 0 Å². The molecule has 0 aromatic carbocycles. The smallest absolute Gasteiger partial charge is 0.304 e. The van der Waals surface area contributed by atoms with Crippen molar-refractivity contribution < 1.29 is 9.90 Å². The van der Waals surface area contributed by atoms with Crippen molar-refractivity contribution in [2.45, 2.75) is 6.42 Å². The van der Waals surface area contributed by atoms with Gasteiger partial charge in [0.25, 0.3) is 0 Å². The number of aryl methyl sites for hydroxylation is 1. The summed E-state index contributed by atoms with van der Waals surface area (Å²) in [6.45, 7) is 4.26. The van der Waals surface area contributed by atoms with Crippen molar-refractivity contribution in [2.24, 2.45) is 7.05 Å². The van der Waals surface area contributed by atoms with E-state index in [4.69, 9.17) is 5.11 Å². The number of imidazole rings is 1. The Morgan fingerprint density at radius 3 is 2.65 bits per heavy atom. The molecule has 17 heavy (non-hydrogen) atoms. The predicted octanol–water partition coefficient (Wildman–Crippen LogP) is 0.0168. The van der Waals surface area contributed by atoms with E-state index in [9.17, 15) is 4.79 Å². The molecule has 0 amide bonds. The van der Waals surface area contributed by atoms with E-state index < -0.39 is 5.97 Å². The van der Waals surface area contributed by atoms with Crippen LogP contribution < -0.4 is 4.90 Å². The zero-order chi connectivity index (χ0) is 12.3. The molecule has 0 spiro atoms. The highest BCUT2D eigenvalue weighted by molar-refractivity contribution is 5.66. The number of carboxylic acids is 1. The molecule has 2 rings (SSSR count). The summed E-state index contributed by atoms with van der Waals surface area (Å²) in [6, 6.07) is 0. The maximum absolute atomic E-state index is 10.5. The van der Waals surface area contributed by atoms with Gasteiger partial charge in [-0.3, -0.25) is 9.69 Å². The molecule has 1 aliphatic heterocycles. The second-order valence-electron chi connectivity index (χ2n) is 4.31. The second kappa shape index (κ2) is 5.18. The summed E-state index contributed by atoms with van der Waals surface area (Å²) in [7, 11) is 1.99. The third-order valence-electron chi connectivity index (χ3n) is 3.09. The molecule has 0 radical (unpaired) electrons. The van der Waals surface area contributed by atoms with Gasteiger partial charge in [-0.2, -0.15) is 0 Å². The SMILES string of the molecule is Cn1ccnc1N1CCN(CCC(=O)O)CC1. The Hall–Kier alpha value is -1.56. The van der Waals surface area contributed by atoms with E-state index in [2.05, 4.69) is 14.8 Å². The lowest BCUT2D eigenvalue weighted by Gasteiger charge is -2.34. The van der Waals surface area contributed by atoms with E-state index >= 15 is 0 Å². The number of aromatic nitrogens is 2. The molecule has 1 aliphatic rings. The summed E-state index contributed by atoms with van der Waals surface area (Å²) in [4.78, 5) is 19.2. The lowest BCUT2D eigenvalue weighted by Crippen LogP contribution is -2.47. The molecule has 0 saturated carbocycles. The van der Waals surface area contributed by atoms with Crippen LogP contribution in [0.3, 0.4) is 0 Å². The number of nitrogens with zero attached hydrogens (tertiary/aromatic N) is 4. The third kappa shape index (κ3) is 2.97. The molecule has 6 heteroatoms. The average Bonchev–Trinajstić information content (AvgIpc) is 2.73. The van der Waals surface area contributed by atoms with E-state index in [1.807, 2.05) is 17.8 Å². The van der Waals surface area contributed by atoms with Gasteiger partial charge in [0.1, 0.15) is 0 Å². The third-order valence-corrected chi connectivity index (χ3v) is 3.09. The van der Waals surface area contributed by atoms with Crippen LogP contribution in [-0.2, 0) is 11.8 Å². The highest BCUT2D eigenvalue weighted by atomic mass is 16.4. The molecule has 1 fully saturated rings. The summed E-state index contributed by atoms with van der Waals surface area (Å²) >= 11 is 0. The van der Waals surface area contributed by atoms with Crippen LogP contribution in [-0.4, -0.2) is 58.3 Å². The highest BCUT2D eigenvalue weighted by Crippen LogP contribution is 2.12. The number of hydrogen-bond donors (Lipinski definition) is 1. The van der Waals surface area contributed by atoms with E-state index in [-0.39, 0.29) is 6.42 Å². The Bertz CT molecular complexity index is 383. The molecule has 2 heterocycles. The number of rotatable bonds is 4. The van der Waals surface area contributed by atoms with Gasteiger partial charge < -0.3 is 14.6 Å². The lowest BCUT2D eigenvalue weighted by molar-refractivity contribution is -0.137. The quantitative estimate of drug-likeness (QED) is 0.801. The molecule has 94 valence electrons. The monoisotopic (exact) mass is 238 g/mol. The fraction of sp³-hybridized carbons (Fsp3) is 0.636. The Morgan fingerprint density at radius 1 is 1.41 bits per heavy atom. The van der Waals surface area contributed by atoms with Crippen LogP contribution in [0, 0.1) is 0 Å². The molecular weight excluding hydrogens is 220 g/mol. The second-order valence-corrected chi connectivity index (χ2v) is 4.31. The maximum Gasteiger partial charge on any atom is 0.304 e. The van der Waals surface area contributed by atoms with Crippen molar-refractivity contribution >= 4 is 11.9 Å². The Balaban J connectivity index is 1.82. The summed E-state index contributed by atoms with van der Waals surface area (Å²) in [5.74, 6) is 0.263. The van der Waals surface area contributed by atoms with Crippen molar-refractivity contribution in [3.05, 3.63) is 12.4 Å². The van der Waals surface area contributed by atoms with Gasteiger partial charge in [0.05, 0.1) is 6.42 Å². The molecule has 1 aromatic rings. The minimum absolute atomic E-state index is 0.225. The largest absolute Gasteiger partial charge is 0.481 e. The molecular formula is C11H18N4O2. The van der Waals surface area contributed by atoms with E-state index in [1.165, 1.54) is 0 Å². The van der Waals surface area contributed by atoms with E-state index in [0.717, 1.165) is 32.1 Å². The minimum atomic E-state index is -0.725. The molecule has 0 atom stereocenters. The van der Waals surface area contributed by atoms with Crippen LogP contribution >= 0.6 is 0 Å². The van der Waals surface area contributed by atoms with Crippen LogP contribution in [0.1, 0.15) is 6.42 Å². The molecule has 0 unspecified atom stereocenters. The van der Waals surface area contributed by atoms with Crippen molar-refractivity contribution in [2.75, 3.05) is 37.6 Å². The number of piperazine rings is 1. The van der Waals surface area contributed by atoms with Crippen molar-refractivity contribution in [1.29, 1.82) is 0 Å². The van der Waals surface area contributed by atoms with Crippen LogP contribution in [0.4, 0.5) is 5.95 Å². The first-order valence-corrected chi connectivity index (χ1v) is 5.83. The fourth-order valence-electron chi connectivity index (χ4n) is 2.09. The van der Waals surface area contributed by atoms with Gasteiger partial charge >= 0.3 is 5.97 Å². The van der Waals surface area contributed by atoms with Gasteiger partial charge in [-0.1, -0.05) is 0 Å². The first-order chi connectivity index (χ1) is 8.16. The summed E-state index contributed by atoms with van der Waals surface area (Å²) < 4.78 is 2.01. The first-order valence-electron chi connectivity index (χ1n) is 5.83. The van der Waals surface area contributed by atoms with Gasteiger partial charge in [-0.25, -0.2) is 4.98 Å². The zero-order valence-electron chi connectivity index (χ0n) is 10.0.